The Morgan fingerprint density at radius 1 is 0.364 bits per heavy atom. The average Bonchev–Trinajstić information content (AvgIpc) is 3.12. The van der Waals surface area contributed by atoms with Crippen LogP contribution in [-0.2, 0) is 0 Å². The number of benzene rings is 5. The molecule has 0 aliphatic heterocycles. The lowest BCUT2D eigenvalue weighted by Crippen LogP contribution is -1.92. The summed E-state index contributed by atoms with van der Waals surface area (Å²) < 4.78 is 0. The first kappa shape index (κ1) is 25.8. The van der Waals surface area contributed by atoms with Crippen molar-refractivity contribution < 1.29 is 0 Å². The maximum Gasteiger partial charge on any atom is 0.0893 e. The van der Waals surface area contributed by atoms with E-state index in [2.05, 4.69) is 126 Å². The smallest absolute Gasteiger partial charge is 0.0893 e. The van der Waals surface area contributed by atoms with E-state index in [4.69, 9.17) is 9.97 Å². The van der Waals surface area contributed by atoms with Gasteiger partial charge in [-0.25, -0.2) is 9.97 Å². The van der Waals surface area contributed by atoms with E-state index in [1.807, 2.05) is 36.4 Å². The average molecular weight is 562 g/mol. The molecule has 0 saturated carbocycles. The fourth-order valence-electron chi connectivity index (χ4n) is 6.01. The maximum atomic E-state index is 5.22. The molecule has 0 amide bonds. The molecule has 0 aliphatic rings. The Kier molecular flexibility index (Phi) is 6.47. The van der Waals surface area contributed by atoms with Crippen molar-refractivity contribution in [3.05, 3.63) is 164 Å². The molecule has 0 fully saturated rings. The second-order valence-electron chi connectivity index (χ2n) is 10.9. The van der Waals surface area contributed by atoms with E-state index in [1.54, 1.807) is 6.20 Å². The van der Waals surface area contributed by atoms with Gasteiger partial charge in [-0.05, 0) is 58.7 Å². The van der Waals surface area contributed by atoms with Crippen LogP contribution in [0.4, 0.5) is 0 Å². The minimum absolute atomic E-state index is 0.866. The maximum absolute atomic E-state index is 5.22. The van der Waals surface area contributed by atoms with Crippen molar-refractivity contribution in [1.29, 1.82) is 0 Å². The van der Waals surface area contributed by atoms with E-state index in [0.717, 1.165) is 61.3 Å². The minimum atomic E-state index is 0.866. The summed E-state index contributed by atoms with van der Waals surface area (Å²) in [7, 11) is 0. The van der Waals surface area contributed by atoms with E-state index in [0.29, 0.717) is 0 Å². The monoisotopic (exact) mass is 561 g/mol. The van der Waals surface area contributed by atoms with Gasteiger partial charge < -0.3 is 0 Å². The topological polar surface area (TPSA) is 38.7 Å². The molecule has 0 saturated heterocycles. The van der Waals surface area contributed by atoms with Gasteiger partial charge >= 0.3 is 0 Å². The van der Waals surface area contributed by atoms with E-state index in [1.165, 1.54) is 16.5 Å². The molecular formula is C41H27N3. The first-order valence-electron chi connectivity index (χ1n) is 14.8. The molecule has 0 spiro atoms. The Hall–Kier alpha value is -5.93. The number of aromatic nitrogens is 3. The summed E-state index contributed by atoms with van der Waals surface area (Å²) in [5.41, 5.74) is 11.5. The van der Waals surface area contributed by atoms with Crippen molar-refractivity contribution >= 4 is 21.7 Å². The third kappa shape index (κ3) is 4.71. The zero-order chi connectivity index (χ0) is 29.3. The number of hydrogen-bond acceptors (Lipinski definition) is 3. The molecule has 3 heterocycles. The van der Waals surface area contributed by atoms with Crippen molar-refractivity contribution in [2.24, 2.45) is 0 Å². The third-order valence-corrected chi connectivity index (χ3v) is 8.14. The van der Waals surface area contributed by atoms with Gasteiger partial charge in [0.05, 0.1) is 28.3 Å². The number of fused-ring (bicyclic) bond motifs is 3. The van der Waals surface area contributed by atoms with Crippen LogP contribution in [0.5, 0.6) is 0 Å². The summed E-state index contributed by atoms with van der Waals surface area (Å²) in [6.45, 7) is 0. The fourth-order valence-corrected chi connectivity index (χ4v) is 6.01. The highest BCUT2D eigenvalue weighted by atomic mass is 14.8. The predicted molar refractivity (Wildman–Crippen MR) is 182 cm³/mol. The number of para-hydroxylation sites is 1. The highest BCUT2D eigenvalue weighted by Gasteiger charge is 2.15. The van der Waals surface area contributed by atoms with Gasteiger partial charge in [-0.15, -0.1) is 0 Å². The molecule has 3 aromatic heterocycles. The van der Waals surface area contributed by atoms with Crippen LogP contribution < -0.4 is 0 Å². The van der Waals surface area contributed by atoms with E-state index >= 15 is 0 Å². The largest absolute Gasteiger partial charge is 0.255 e. The Morgan fingerprint density at radius 2 is 1.02 bits per heavy atom. The second-order valence-corrected chi connectivity index (χ2v) is 10.9. The molecule has 0 unspecified atom stereocenters. The molecule has 0 radical (unpaired) electrons. The van der Waals surface area contributed by atoms with Gasteiger partial charge in [0.2, 0.25) is 0 Å². The highest BCUT2D eigenvalue weighted by Crippen LogP contribution is 2.39. The number of nitrogens with zero attached hydrogens (tertiary/aromatic N) is 3. The summed E-state index contributed by atoms with van der Waals surface area (Å²) >= 11 is 0. The zero-order valence-electron chi connectivity index (χ0n) is 23.9. The second kappa shape index (κ2) is 11.0. The lowest BCUT2D eigenvalue weighted by Gasteiger charge is -2.15. The predicted octanol–water partition coefficient (Wildman–Crippen LogP) is 10.5. The normalized spacial score (nSPS) is 11.2. The van der Waals surface area contributed by atoms with Crippen LogP contribution >= 0.6 is 0 Å². The summed E-state index contributed by atoms with van der Waals surface area (Å²) in [5, 5.41) is 3.55. The van der Waals surface area contributed by atoms with Crippen LogP contribution in [0.2, 0.25) is 0 Å². The summed E-state index contributed by atoms with van der Waals surface area (Å²) in [6, 6.07) is 54.9. The van der Waals surface area contributed by atoms with Crippen LogP contribution in [0.15, 0.2) is 164 Å². The van der Waals surface area contributed by atoms with Crippen LogP contribution in [-0.4, -0.2) is 15.0 Å². The van der Waals surface area contributed by atoms with Gasteiger partial charge in [0.15, 0.2) is 0 Å². The van der Waals surface area contributed by atoms with E-state index < -0.39 is 0 Å². The van der Waals surface area contributed by atoms with E-state index in [-0.39, 0.29) is 0 Å². The molecule has 8 rings (SSSR count). The molecule has 8 aromatic rings. The molecule has 3 heteroatoms. The first-order chi connectivity index (χ1) is 21.8. The Morgan fingerprint density at radius 3 is 1.89 bits per heavy atom. The molecule has 5 aromatic carbocycles. The lowest BCUT2D eigenvalue weighted by molar-refractivity contribution is 1.25. The van der Waals surface area contributed by atoms with Gasteiger partial charge in [0.25, 0.3) is 0 Å². The van der Waals surface area contributed by atoms with Gasteiger partial charge in [-0.2, -0.15) is 0 Å². The van der Waals surface area contributed by atoms with Crippen LogP contribution in [0.3, 0.4) is 0 Å². The molecule has 206 valence electrons. The van der Waals surface area contributed by atoms with Crippen molar-refractivity contribution in [2.75, 3.05) is 0 Å². The Labute approximate surface area is 256 Å². The lowest BCUT2D eigenvalue weighted by atomic mass is 9.92. The zero-order valence-corrected chi connectivity index (χ0v) is 23.9. The molecule has 0 N–H and O–H groups in total. The molecule has 3 nitrogen and oxygen atoms in total. The van der Waals surface area contributed by atoms with Crippen molar-refractivity contribution in [3.8, 4) is 56.2 Å². The molecule has 44 heavy (non-hydrogen) atoms. The van der Waals surface area contributed by atoms with Gasteiger partial charge in [-0.1, -0.05) is 121 Å². The Balaban J connectivity index is 1.20. The van der Waals surface area contributed by atoms with Gasteiger partial charge in [0, 0.05) is 33.5 Å². The summed E-state index contributed by atoms with van der Waals surface area (Å²) in [5.74, 6) is 0. The van der Waals surface area contributed by atoms with E-state index in [9.17, 15) is 0 Å². The number of hydrogen-bond donors (Lipinski definition) is 0. The van der Waals surface area contributed by atoms with Crippen LogP contribution in [0, 0.1) is 0 Å². The quantitative estimate of drug-likeness (QED) is 0.196. The molecule has 0 bridgehead atoms. The van der Waals surface area contributed by atoms with Crippen molar-refractivity contribution in [3.63, 3.8) is 0 Å². The first-order valence-corrected chi connectivity index (χ1v) is 14.8. The minimum Gasteiger partial charge on any atom is -0.255 e. The van der Waals surface area contributed by atoms with Crippen molar-refractivity contribution in [1.82, 2.24) is 15.0 Å². The fraction of sp³-hybridized carbons (Fsp3) is 0. The third-order valence-electron chi connectivity index (χ3n) is 8.14. The Bertz CT molecular complexity index is 2260. The van der Waals surface area contributed by atoms with Crippen LogP contribution in [0.1, 0.15) is 0 Å². The number of pyridine rings is 3. The number of rotatable bonds is 5. The van der Waals surface area contributed by atoms with Gasteiger partial charge in [-0.3, -0.25) is 4.98 Å². The summed E-state index contributed by atoms with van der Waals surface area (Å²) in [6.07, 6.45) is 1.80. The summed E-state index contributed by atoms with van der Waals surface area (Å²) in [4.78, 5) is 14.6. The standard InChI is InChI=1S/C41H27N3/c1-2-11-29(12-3-1)33-16-9-17-35-40(33)34-15-4-5-18-37(34)44-41(35)32-14-8-13-31(27-32)28-22-24-30(25-23-28)36-20-10-21-39(43-36)38-19-6-7-26-42-38/h1-27H. The van der Waals surface area contributed by atoms with Crippen LogP contribution in [0.25, 0.3) is 77.8 Å². The van der Waals surface area contributed by atoms with Gasteiger partial charge in [0.1, 0.15) is 0 Å². The molecule has 0 atom stereocenters. The highest BCUT2D eigenvalue weighted by molar-refractivity contribution is 6.17. The molecular weight excluding hydrogens is 534 g/mol. The SMILES string of the molecule is c1ccc(-c2cccc3c(-c4cccc(-c5ccc(-c6cccc(-c7ccccn7)n6)cc5)c4)nc4ccccc4c23)cc1. The molecule has 0 aliphatic carbocycles. The van der Waals surface area contributed by atoms with Crippen molar-refractivity contribution in [2.45, 2.75) is 0 Å².